The number of carboxylic acids is 1. The lowest BCUT2D eigenvalue weighted by atomic mass is 10.0. The summed E-state index contributed by atoms with van der Waals surface area (Å²) in [5.74, 6) is -4.45. The van der Waals surface area contributed by atoms with E-state index in [1.807, 2.05) is 0 Å². The van der Waals surface area contributed by atoms with Crippen molar-refractivity contribution in [3.05, 3.63) is 59.4 Å². The number of carboxylic acid groups (broad SMARTS) is 1. The molecule has 3 nitrogen and oxygen atoms in total. The average Bonchev–Trinajstić information content (AvgIpc) is 2.83. The second-order valence-corrected chi connectivity index (χ2v) is 3.54. The standard InChI is InChI=1S/C12H9F2NO2/c13-12(14,10-5-2-6-15-10)9-4-1-3-8(7-9)11(16)17/h1-7,15H,(H,16,17). The summed E-state index contributed by atoms with van der Waals surface area (Å²) in [7, 11) is 0. The zero-order valence-corrected chi connectivity index (χ0v) is 8.65. The highest BCUT2D eigenvalue weighted by Crippen LogP contribution is 2.34. The molecule has 0 bridgehead atoms. The molecule has 0 atom stereocenters. The Bertz CT molecular complexity index is 535. The van der Waals surface area contributed by atoms with Crippen molar-refractivity contribution in [2.24, 2.45) is 0 Å². The largest absolute Gasteiger partial charge is 0.478 e. The summed E-state index contributed by atoms with van der Waals surface area (Å²) >= 11 is 0. The number of aromatic carboxylic acids is 1. The average molecular weight is 237 g/mol. The van der Waals surface area contributed by atoms with E-state index in [-0.39, 0.29) is 16.8 Å². The number of alkyl halides is 2. The number of aromatic nitrogens is 1. The first-order chi connectivity index (χ1) is 8.01. The number of hydrogen-bond donors (Lipinski definition) is 2. The van der Waals surface area contributed by atoms with Crippen LogP contribution in [-0.4, -0.2) is 16.1 Å². The third kappa shape index (κ3) is 2.04. The highest BCUT2D eigenvalue weighted by Gasteiger charge is 2.35. The molecule has 1 aromatic heterocycles. The molecular formula is C12H9F2NO2. The van der Waals surface area contributed by atoms with Gasteiger partial charge < -0.3 is 10.1 Å². The summed E-state index contributed by atoms with van der Waals surface area (Å²) in [4.78, 5) is 13.1. The number of nitrogens with one attached hydrogen (secondary N) is 1. The van der Waals surface area contributed by atoms with Crippen LogP contribution >= 0.6 is 0 Å². The molecule has 2 aromatic rings. The molecule has 0 spiro atoms. The van der Waals surface area contributed by atoms with E-state index in [1.165, 1.54) is 36.5 Å². The van der Waals surface area contributed by atoms with Crippen LogP contribution < -0.4 is 0 Å². The molecule has 0 saturated heterocycles. The van der Waals surface area contributed by atoms with Crippen LogP contribution in [0.4, 0.5) is 8.78 Å². The first-order valence-corrected chi connectivity index (χ1v) is 4.87. The van der Waals surface area contributed by atoms with Gasteiger partial charge in [0, 0.05) is 11.8 Å². The molecule has 1 aromatic carbocycles. The molecular weight excluding hydrogens is 228 g/mol. The van der Waals surface area contributed by atoms with Crippen molar-refractivity contribution in [1.29, 1.82) is 0 Å². The van der Waals surface area contributed by atoms with Crippen molar-refractivity contribution in [2.75, 3.05) is 0 Å². The van der Waals surface area contributed by atoms with Gasteiger partial charge in [-0.25, -0.2) is 4.79 Å². The zero-order chi connectivity index (χ0) is 12.5. The Kier molecular flexibility index (Phi) is 2.67. The molecule has 0 aliphatic rings. The van der Waals surface area contributed by atoms with Crippen LogP contribution in [0.3, 0.4) is 0 Å². The molecule has 0 unspecified atom stereocenters. The lowest BCUT2D eigenvalue weighted by Gasteiger charge is -2.15. The van der Waals surface area contributed by atoms with E-state index in [2.05, 4.69) is 4.98 Å². The SMILES string of the molecule is O=C(O)c1cccc(C(F)(F)c2ccc[nH]2)c1. The van der Waals surface area contributed by atoms with Gasteiger partial charge in [0.15, 0.2) is 0 Å². The van der Waals surface area contributed by atoms with E-state index in [1.54, 1.807) is 0 Å². The topological polar surface area (TPSA) is 53.1 Å². The van der Waals surface area contributed by atoms with Gasteiger partial charge in [-0.05, 0) is 24.3 Å². The third-order valence-electron chi connectivity index (χ3n) is 2.41. The number of H-pyrrole nitrogens is 1. The van der Waals surface area contributed by atoms with E-state index in [0.717, 1.165) is 6.07 Å². The van der Waals surface area contributed by atoms with E-state index in [9.17, 15) is 13.6 Å². The van der Waals surface area contributed by atoms with Gasteiger partial charge in [0.25, 0.3) is 0 Å². The third-order valence-corrected chi connectivity index (χ3v) is 2.41. The van der Waals surface area contributed by atoms with E-state index < -0.39 is 11.9 Å². The van der Waals surface area contributed by atoms with Crippen LogP contribution in [0.25, 0.3) is 0 Å². The molecule has 0 aliphatic carbocycles. The summed E-state index contributed by atoms with van der Waals surface area (Å²) in [5.41, 5.74) is -0.770. The normalized spacial score (nSPS) is 11.4. The second-order valence-electron chi connectivity index (χ2n) is 3.54. The van der Waals surface area contributed by atoms with Gasteiger partial charge in [0.1, 0.15) is 0 Å². The van der Waals surface area contributed by atoms with E-state index in [0.29, 0.717) is 0 Å². The lowest BCUT2D eigenvalue weighted by molar-refractivity contribution is 0.0384. The van der Waals surface area contributed by atoms with Gasteiger partial charge in [-0.1, -0.05) is 12.1 Å². The predicted molar refractivity (Wildman–Crippen MR) is 57.2 cm³/mol. The molecule has 1 heterocycles. The summed E-state index contributed by atoms with van der Waals surface area (Å²) in [5, 5.41) is 8.75. The van der Waals surface area contributed by atoms with Gasteiger partial charge in [0.2, 0.25) is 0 Å². The lowest BCUT2D eigenvalue weighted by Crippen LogP contribution is -2.16. The van der Waals surface area contributed by atoms with Gasteiger partial charge in [-0.3, -0.25) is 0 Å². The van der Waals surface area contributed by atoms with Crippen LogP contribution in [-0.2, 0) is 5.92 Å². The van der Waals surface area contributed by atoms with Gasteiger partial charge in [0.05, 0.1) is 11.3 Å². The van der Waals surface area contributed by atoms with E-state index >= 15 is 0 Å². The second kappa shape index (κ2) is 4.01. The molecule has 2 rings (SSSR count). The quantitative estimate of drug-likeness (QED) is 0.862. The minimum atomic E-state index is -3.23. The number of rotatable bonds is 3. The van der Waals surface area contributed by atoms with Gasteiger partial charge >= 0.3 is 11.9 Å². The Hall–Kier alpha value is -2.17. The summed E-state index contributed by atoms with van der Waals surface area (Å²) in [6.07, 6.45) is 1.39. The van der Waals surface area contributed by atoms with E-state index in [4.69, 9.17) is 5.11 Å². The molecule has 0 radical (unpaired) electrons. The van der Waals surface area contributed by atoms with Crippen LogP contribution in [0.2, 0.25) is 0 Å². The van der Waals surface area contributed by atoms with Gasteiger partial charge in [-0.2, -0.15) is 8.78 Å². The van der Waals surface area contributed by atoms with Crippen LogP contribution in [0.15, 0.2) is 42.6 Å². The maximum absolute atomic E-state index is 13.9. The van der Waals surface area contributed by atoms with Crippen molar-refractivity contribution in [2.45, 2.75) is 5.92 Å². The molecule has 0 aliphatic heterocycles. The fourth-order valence-electron chi connectivity index (χ4n) is 1.53. The minimum Gasteiger partial charge on any atom is -0.478 e. The monoisotopic (exact) mass is 237 g/mol. The molecule has 5 heteroatoms. The molecule has 88 valence electrons. The molecule has 0 amide bonds. The number of aromatic amines is 1. The Morgan fingerprint density at radius 3 is 2.59 bits per heavy atom. The number of carbonyl (C=O) groups is 1. The first-order valence-electron chi connectivity index (χ1n) is 4.87. The maximum Gasteiger partial charge on any atom is 0.335 e. The molecule has 0 fully saturated rings. The Balaban J connectivity index is 2.46. The highest BCUT2D eigenvalue weighted by molar-refractivity contribution is 5.87. The van der Waals surface area contributed by atoms with Crippen molar-refractivity contribution < 1.29 is 18.7 Å². The maximum atomic E-state index is 13.9. The molecule has 17 heavy (non-hydrogen) atoms. The number of hydrogen-bond acceptors (Lipinski definition) is 1. The minimum absolute atomic E-state index is 0.159. The smallest absolute Gasteiger partial charge is 0.335 e. The Labute approximate surface area is 95.7 Å². The number of benzene rings is 1. The Morgan fingerprint density at radius 2 is 2.00 bits per heavy atom. The fraction of sp³-hybridized carbons (Fsp3) is 0.0833. The van der Waals surface area contributed by atoms with Crippen molar-refractivity contribution in [3.63, 3.8) is 0 Å². The zero-order valence-electron chi connectivity index (χ0n) is 8.65. The molecule has 2 N–H and O–H groups in total. The number of halogens is 2. The van der Waals surface area contributed by atoms with Crippen LogP contribution in [0.1, 0.15) is 21.6 Å². The Morgan fingerprint density at radius 1 is 1.24 bits per heavy atom. The van der Waals surface area contributed by atoms with Crippen molar-refractivity contribution >= 4 is 5.97 Å². The predicted octanol–water partition coefficient (Wildman–Crippen LogP) is 2.85. The van der Waals surface area contributed by atoms with Crippen molar-refractivity contribution in [3.8, 4) is 0 Å². The van der Waals surface area contributed by atoms with Gasteiger partial charge in [-0.15, -0.1) is 0 Å². The first kappa shape index (κ1) is 11.3. The highest BCUT2D eigenvalue weighted by atomic mass is 19.3. The fourth-order valence-corrected chi connectivity index (χ4v) is 1.53. The molecule has 0 saturated carbocycles. The van der Waals surface area contributed by atoms with Crippen LogP contribution in [0, 0.1) is 0 Å². The van der Waals surface area contributed by atoms with Crippen molar-refractivity contribution in [1.82, 2.24) is 4.98 Å². The summed E-state index contributed by atoms with van der Waals surface area (Å²) in [6, 6.07) is 7.47. The summed E-state index contributed by atoms with van der Waals surface area (Å²) in [6.45, 7) is 0. The van der Waals surface area contributed by atoms with Crippen LogP contribution in [0.5, 0.6) is 0 Å². The summed E-state index contributed by atoms with van der Waals surface area (Å²) < 4.78 is 27.9.